The zero-order chi connectivity index (χ0) is 16.8. The fraction of sp³-hybridized carbons (Fsp3) is 0.500. The molecule has 7 nitrogen and oxygen atoms in total. The lowest BCUT2D eigenvalue weighted by molar-refractivity contribution is 0.0514. The molecule has 1 heterocycles. The third-order valence-corrected chi connectivity index (χ3v) is 3.02. The maximum Gasteiger partial charge on any atom is 0.407 e. The first kappa shape index (κ1) is 18.0. The van der Waals surface area contributed by atoms with Gasteiger partial charge in [0.2, 0.25) is 0 Å². The summed E-state index contributed by atoms with van der Waals surface area (Å²) in [6.45, 7) is 7.60. The van der Waals surface area contributed by atoms with Gasteiger partial charge >= 0.3 is 12.1 Å². The predicted octanol–water partition coefficient (Wildman–Crippen LogP) is 2.44. The lowest BCUT2D eigenvalue weighted by atomic mass is 10.2. The maximum atomic E-state index is 11.7. The zero-order valence-electron chi connectivity index (χ0n) is 13.1. The number of carbonyl (C=O) groups excluding carboxylic acids is 2. The smallest absolute Gasteiger partial charge is 0.407 e. The van der Waals surface area contributed by atoms with Crippen molar-refractivity contribution in [3.05, 3.63) is 16.6 Å². The number of ether oxygens (including phenoxy) is 2. The van der Waals surface area contributed by atoms with Crippen LogP contribution in [0, 0.1) is 0 Å². The lowest BCUT2D eigenvalue weighted by Crippen LogP contribution is -2.32. The first-order valence-corrected chi connectivity index (χ1v) is 7.61. The van der Waals surface area contributed by atoms with Gasteiger partial charge in [0.1, 0.15) is 5.60 Å². The number of thiazole rings is 1. The molecule has 0 aliphatic carbocycles. The van der Waals surface area contributed by atoms with Crippen LogP contribution in [0.25, 0.3) is 6.08 Å². The van der Waals surface area contributed by atoms with E-state index < -0.39 is 17.7 Å². The van der Waals surface area contributed by atoms with Gasteiger partial charge in [-0.2, -0.15) is 0 Å². The summed E-state index contributed by atoms with van der Waals surface area (Å²) in [7, 11) is 0. The number of esters is 1. The molecule has 0 aliphatic heterocycles. The Morgan fingerprint density at radius 2 is 2.09 bits per heavy atom. The molecule has 0 saturated carbocycles. The van der Waals surface area contributed by atoms with Crippen molar-refractivity contribution in [1.82, 2.24) is 10.3 Å². The molecule has 1 aromatic heterocycles. The van der Waals surface area contributed by atoms with Crippen molar-refractivity contribution in [2.75, 3.05) is 18.9 Å². The van der Waals surface area contributed by atoms with Crippen molar-refractivity contribution in [3.63, 3.8) is 0 Å². The van der Waals surface area contributed by atoms with Crippen LogP contribution in [-0.2, 0) is 9.47 Å². The fourth-order valence-corrected chi connectivity index (χ4v) is 2.18. The van der Waals surface area contributed by atoms with E-state index in [0.29, 0.717) is 4.88 Å². The normalized spacial score (nSPS) is 11.5. The summed E-state index contributed by atoms with van der Waals surface area (Å²) in [5.41, 5.74) is 5.25. The van der Waals surface area contributed by atoms with Crippen molar-refractivity contribution < 1.29 is 19.1 Å². The number of anilines is 1. The average Bonchev–Trinajstić information content (AvgIpc) is 2.74. The van der Waals surface area contributed by atoms with Gasteiger partial charge in [-0.15, -0.1) is 0 Å². The Morgan fingerprint density at radius 1 is 1.41 bits per heavy atom. The molecule has 122 valence electrons. The van der Waals surface area contributed by atoms with Crippen LogP contribution >= 0.6 is 11.3 Å². The average molecular weight is 327 g/mol. The van der Waals surface area contributed by atoms with Gasteiger partial charge in [0.15, 0.2) is 10.8 Å². The molecule has 1 aromatic rings. The van der Waals surface area contributed by atoms with E-state index in [-0.39, 0.29) is 24.0 Å². The second-order valence-corrected chi connectivity index (χ2v) is 6.33. The highest BCUT2D eigenvalue weighted by molar-refractivity contribution is 7.16. The number of nitrogens with zero attached hydrogens (tertiary/aromatic N) is 1. The van der Waals surface area contributed by atoms with Crippen molar-refractivity contribution in [2.24, 2.45) is 0 Å². The summed E-state index contributed by atoms with van der Waals surface area (Å²) in [5.74, 6) is -0.518. The molecule has 22 heavy (non-hydrogen) atoms. The third-order valence-electron chi connectivity index (χ3n) is 2.17. The van der Waals surface area contributed by atoms with Crippen molar-refractivity contribution in [3.8, 4) is 0 Å². The molecule has 0 bridgehead atoms. The number of nitrogen functional groups attached to an aromatic ring is 1. The Labute approximate surface area is 133 Å². The van der Waals surface area contributed by atoms with E-state index in [4.69, 9.17) is 15.2 Å². The standard InChI is InChI=1S/C14H21N3O4S/c1-5-20-11(18)10-9(22-12(15)17-10)7-6-8-16-13(19)21-14(2,3)4/h6-7H,5,8H2,1-4H3,(H2,15,17)(H,16,19). The maximum absolute atomic E-state index is 11.7. The van der Waals surface area contributed by atoms with Crippen LogP contribution in [0.5, 0.6) is 0 Å². The van der Waals surface area contributed by atoms with Gasteiger partial charge in [0.25, 0.3) is 0 Å². The summed E-state index contributed by atoms with van der Waals surface area (Å²) in [6.07, 6.45) is 2.84. The molecule has 3 N–H and O–H groups in total. The Balaban J connectivity index is 2.60. The van der Waals surface area contributed by atoms with Gasteiger partial charge in [0, 0.05) is 6.54 Å². The van der Waals surface area contributed by atoms with Crippen LogP contribution in [0.4, 0.5) is 9.93 Å². The molecule has 0 saturated heterocycles. The minimum absolute atomic E-state index is 0.179. The number of rotatable bonds is 5. The molecule has 0 fully saturated rings. The fourth-order valence-electron chi connectivity index (χ4n) is 1.43. The number of carbonyl (C=O) groups is 2. The van der Waals surface area contributed by atoms with Crippen molar-refractivity contribution in [1.29, 1.82) is 0 Å². The van der Waals surface area contributed by atoms with Gasteiger partial charge in [-0.3, -0.25) is 0 Å². The van der Waals surface area contributed by atoms with Crippen LogP contribution in [0.1, 0.15) is 43.1 Å². The number of hydrogen-bond acceptors (Lipinski definition) is 7. The van der Waals surface area contributed by atoms with Crippen molar-refractivity contribution >= 4 is 34.6 Å². The highest BCUT2D eigenvalue weighted by atomic mass is 32.1. The van der Waals surface area contributed by atoms with Crippen LogP contribution in [0.3, 0.4) is 0 Å². The summed E-state index contributed by atoms with van der Waals surface area (Å²) >= 11 is 1.17. The Kier molecular flexibility index (Phi) is 6.36. The Morgan fingerprint density at radius 3 is 2.68 bits per heavy atom. The van der Waals surface area contributed by atoms with E-state index in [1.807, 2.05) is 0 Å². The summed E-state index contributed by atoms with van der Waals surface area (Å²) in [4.78, 5) is 27.7. The largest absolute Gasteiger partial charge is 0.461 e. The van der Waals surface area contributed by atoms with Gasteiger partial charge in [-0.1, -0.05) is 17.4 Å². The van der Waals surface area contributed by atoms with Crippen LogP contribution in [0.15, 0.2) is 6.08 Å². The van der Waals surface area contributed by atoms with Crippen molar-refractivity contribution in [2.45, 2.75) is 33.3 Å². The third kappa shape index (κ3) is 6.13. The van der Waals surface area contributed by atoms with E-state index in [9.17, 15) is 9.59 Å². The number of amides is 1. The molecular formula is C14H21N3O4S. The molecule has 0 aliphatic rings. The quantitative estimate of drug-likeness (QED) is 0.805. The van der Waals surface area contributed by atoms with Gasteiger partial charge in [-0.05, 0) is 33.8 Å². The second-order valence-electron chi connectivity index (χ2n) is 5.27. The molecule has 0 unspecified atom stereocenters. The highest BCUT2D eigenvalue weighted by Crippen LogP contribution is 2.22. The molecule has 0 spiro atoms. The SMILES string of the molecule is CCOC(=O)c1nc(N)sc1C=CCNC(=O)OC(C)(C)C. The van der Waals surface area contributed by atoms with E-state index in [1.165, 1.54) is 11.3 Å². The van der Waals surface area contributed by atoms with E-state index in [1.54, 1.807) is 39.8 Å². The van der Waals surface area contributed by atoms with Crippen LogP contribution in [-0.4, -0.2) is 35.8 Å². The number of hydrogen-bond donors (Lipinski definition) is 2. The van der Waals surface area contributed by atoms with E-state index >= 15 is 0 Å². The molecule has 0 atom stereocenters. The molecule has 0 aromatic carbocycles. The molecular weight excluding hydrogens is 306 g/mol. The predicted molar refractivity (Wildman–Crippen MR) is 85.8 cm³/mol. The number of nitrogens with two attached hydrogens (primary N) is 1. The molecule has 8 heteroatoms. The summed E-state index contributed by atoms with van der Waals surface area (Å²) in [5, 5.41) is 2.86. The van der Waals surface area contributed by atoms with Gasteiger partial charge < -0.3 is 20.5 Å². The van der Waals surface area contributed by atoms with Gasteiger partial charge in [0.05, 0.1) is 11.5 Å². The minimum atomic E-state index is -0.545. The molecule has 1 amide bonds. The van der Waals surface area contributed by atoms with E-state index in [0.717, 1.165) is 0 Å². The molecule has 0 radical (unpaired) electrons. The first-order chi connectivity index (χ1) is 10.2. The van der Waals surface area contributed by atoms with Crippen LogP contribution < -0.4 is 11.1 Å². The second kappa shape index (κ2) is 7.79. The summed E-state index contributed by atoms with van der Waals surface area (Å²) < 4.78 is 10.0. The van der Waals surface area contributed by atoms with Gasteiger partial charge in [-0.25, -0.2) is 14.6 Å². The highest BCUT2D eigenvalue weighted by Gasteiger charge is 2.17. The number of nitrogens with one attached hydrogen (secondary N) is 1. The zero-order valence-corrected chi connectivity index (χ0v) is 14.0. The summed E-state index contributed by atoms with van der Waals surface area (Å²) in [6, 6.07) is 0. The van der Waals surface area contributed by atoms with E-state index in [2.05, 4.69) is 10.3 Å². The lowest BCUT2D eigenvalue weighted by Gasteiger charge is -2.19. The Hall–Kier alpha value is -2.09. The minimum Gasteiger partial charge on any atom is -0.461 e. The first-order valence-electron chi connectivity index (χ1n) is 6.79. The van der Waals surface area contributed by atoms with Crippen LogP contribution in [0.2, 0.25) is 0 Å². The Bertz CT molecular complexity index is 561. The topological polar surface area (TPSA) is 104 Å². The number of alkyl carbamates (subject to hydrolysis) is 1. The monoisotopic (exact) mass is 327 g/mol. The molecule has 1 rings (SSSR count). The number of aromatic nitrogens is 1.